The van der Waals surface area contributed by atoms with Crippen molar-refractivity contribution in [2.45, 2.75) is 30.7 Å². The van der Waals surface area contributed by atoms with Gasteiger partial charge in [-0.3, -0.25) is 4.79 Å². The van der Waals surface area contributed by atoms with Crippen LogP contribution in [0.4, 0.5) is 5.69 Å². The fourth-order valence-electron chi connectivity index (χ4n) is 3.30. The van der Waals surface area contributed by atoms with E-state index in [9.17, 15) is 13.2 Å². The van der Waals surface area contributed by atoms with Gasteiger partial charge in [-0.1, -0.05) is 30.3 Å². The zero-order chi connectivity index (χ0) is 18.7. The van der Waals surface area contributed by atoms with Crippen LogP contribution in [0.3, 0.4) is 0 Å². The second-order valence-electron chi connectivity index (χ2n) is 6.56. The van der Waals surface area contributed by atoms with Gasteiger partial charge in [0, 0.05) is 11.7 Å². The van der Waals surface area contributed by atoms with E-state index in [0.717, 1.165) is 17.7 Å². The molecule has 0 bridgehead atoms. The lowest BCUT2D eigenvalue weighted by Gasteiger charge is -2.23. The third-order valence-electron chi connectivity index (χ3n) is 4.59. The first kappa shape index (κ1) is 18.6. The second-order valence-corrected chi connectivity index (χ2v) is 8.12. The normalized spacial score (nSPS) is 16.5. The molecule has 6 nitrogen and oxygen atoms in total. The molecule has 1 atom stereocenters. The van der Waals surface area contributed by atoms with Gasteiger partial charge in [0.15, 0.2) is 0 Å². The number of hydrogen-bond donors (Lipinski definition) is 2. The molecule has 0 saturated heterocycles. The molecule has 2 aromatic carbocycles. The van der Waals surface area contributed by atoms with E-state index in [1.165, 1.54) is 17.7 Å². The third-order valence-corrected chi connectivity index (χ3v) is 5.52. The molecule has 0 aromatic heterocycles. The number of para-hydroxylation sites is 1. The Hall–Kier alpha value is -2.22. The highest BCUT2D eigenvalue weighted by Gasteiger charge is 2.29. The van der Waals surface area contributed by atoms with Crippen molar-refractivity contribution in [3.63, 3.8) is 0 Å². The predicted octanol–water partition coefficient (Wildman–Crippen LogP) is 1.44. The Morgan fingerprint density at radius 3 is 2.58 bits per heavy atom. The van der Waals surface area contributed by atoms with Gasteiger partial charge >= 0.3 is 0 Å². The van der Waals surface area contributed by atoms with Gasteiger partial charge in [-0.2, -0.15) is 0 Å². The molecule has 3 rings (SSSR count). The van der Waals surface area contributed by atoms with Crippen LogP contribution in [0, 0.1) is 0 Å². The smallest absolute Gasteiger partial charge is 0.241 e. The molecule has 1 aliphatic rings. The molecule has 138 valence electrons. The van der Waals surface area contributed by atoms with E-state index in [2.05, 4.69) is 18.3 Å². The maximum atomic E-state index is 12.6. The number of nitrogens with two attached hydrogens (primary N) is 1. The summed E-state index contributed by atoms with van der Waals surface area (Å²) in [7, 11) is -3.66. The Kier molecular flexibility index (Phi) is 5.41. The minimum atomic E-state index is -3.66. The van der Waals surface area contributed by atoms with Crippen LogP contribution in [0.15, 0.2) is 53.4 Å². The minimum Gasteiger partial charge on any atom is -0.308 e. The van der Waals surface area contributed by atoms with Crippen LogP contribution in [-0.2, 0) is 27.7 Å². The highest BCUT2D eigenvalue weighted by molar-refractivity contribution is 7.89. The van der Waals surface area contributed by atoms with Crippen LogP contribution in [0.2, 0.25) is 0 Å². The molecule has 1 amide bonds. The number of carbonyl (C=O) groups excluding carboxylic acids is 1. The first-order chi connectivity index (χ1) is 12.4. The largest absolute Gasteiger partial charge is 0.308 e. The lowest BCUT2D eigenvalue weighted by molar-refractivity contribution is -0.118. The molecule has 0 aliphatic carbocycles. The first-order valence-corrected chi connectivity index (χ1v) is 10.1. The van der Waals surface area contributed by atoms with Crippen LogP contribution in [-0.4, -0.2) is 33.5 Å². The summed E-state index contributed by atoms with van der Waals surface area (Å²) < 4.78 is 22.5. The molecule has 2 aromatic rings. The van der Waals surface area contributed by atoms with Gasteiger partial charge in [0.1, 0.15) is 0 Å². The minimum absolute atomic E-state index is 0.0621. The zero-order valence-corrected chi connectivity index (χ0v) is 15.5. The third kappa shape index (κ3) is 4.12. The average Bonchev–Trinajstić information content (AvgIpc) is 2.94. The second kappa shape index (κ2) is 7.57. The summed E-state index contributed by atoms with van der Waals surface area (Å²) in [5.74, 6) is 0.0621. The Labute approximate surface area is 154 Å². The van der Waals surface area contributed by atoms with Crippen molar-refractivity contribution in [1.82, 2.24) is 5.32 Å². The SMILES string of the molecule is C[C@@H]1Cc2ccccc2N1C(=O)CNCCc1ccc(S(N)(=O)=O)cc1. The molecule has 0 radical (unpaired) electrons. The van der Waals surface area contributed by atoms with E-state index in [0.29, 0.717) is 13.0 Å². The molecule has 0 unspecified atom stereocenters. The molecular weight excluding hydrogens is 350 g/mol. The molecule has 1 heterocycles. The number of nitrogens with one attached hydrogen (secondary N) is 1. The summed E-state index contributed by atoms with van der Waals surface area (Å²) in [6.45, 7) is 2.96. The fourth-order valence-corrected chi connectivity index (χ4v) is 3.82. The highest BCUT2D eigenvalue weighted by Crippen LogP contribution is 2.31. The molecule has 0 fully saturated rings. The zero-order valence-electron chi connectivity index (χ0n) is 14.7. The van der Waals surface area contributed by atoms with Crippen molar-refractivity contribution in [2.75, 3.05) is 18.0 Å². The van der Waals surface area contributed by atoms with Gasteiger partial charge in [-0.05, 0) is 55.6 Å². The summed E-state index contributed by atoms with van der Waals surface area (Å²) in [5, 5.41) is 8.26. The van der Waals surface area contributed by atoms with Crippen molar-refractivity contribution in [2.24, 2.45) is 5.14 Å². The number of amides is 1. The highest BCUT2D eigenvalue weighted by atomic mass is 32.2. The predicted molar refractivity (Wildman–Crippen MR) is 101 cm³/mol. The number of primary sulfonamides is 1. The Morgan fingerprint density at radius 1 is 1.19 bits per heavy atom. The molecule has 0 spiro atoms. The number of fused-ring (bicyclic) bond motifs is 1. The molecule has 3 N–H and O–H groups in total. The van der Waals surface area contributed by atoms with E-state index in [1.807, 2.05) is 23.1 Å². The number of benzene rings is 2. The summed E-state index contributed by atoms with van der Waals surface area (Å²) >= 11 is 0. The van der Waals surface area contributed by atoms with Gasteiger partial charge in [0.05, 0.1) is 11.4 Å². The van der Waals surface area contributed by atoms with Gasteiger partial charge in [-0.25, -0.2) is 13.6 Å². The monoisotopic (exact) mass is 373 g/mol. The molecule has 7 heteroatoms. The summed E-state index contributed by atoms with van der Waals surface area (Å²) in [4.78, 5) is 14.5. The topological polar surface area (TPSA) is 92.5 Å². The number of hydrogen-bond acceptors (Lipinski definition) is 4. The lowest BCUT2D eigenvalue weighted by Crippen LogP contribution is -2.41. The van der Waals surface area contributed by atoms with E-state index in [-0.39, 0.29) is 23.4 Å². The fraction of sp³-hybridized carbons (Fsp3) is 0.316. The van der Waals surface area contributed by atoms with Gasteiger partial charge in [0.25, 0.3) is 0 Å². The Morgan fingerprint density at radius 2 is 1.88 bits per heavy atom. The van der Waals surface area contributed by atoms with Crippen molar-refractivity contribution >= 4 is 21.6 Å². The number of anilines is 1. The average molecular weight is 373 g/mol. The summed E-state index contributed by atoms with van der Waals surface area (Å²) in [6, 6.07) is 14.7. The number of rotatable bonds is 6. The van der Waals surface area contributed by atoms with E-state index in [1.54, 1.807) is 12.1 Å². The van der Waals surface area contributed by atoms with Crippen molar-refractivity contribution in [3.05, 3.63) is 59.7 Å². The lowest BCUT2D eigenvalue weighted by atomic mass is 10.1. The van der Waals surface area contributed by atoms with Crippen LogP contribution in [0.25, 0.3) is 0 Å². The number of nitrogens with zero attached hydrogens (tertiary/aromatic N) is 1. The van der Waals surface area contributed by atoms with Crippen molar-refractivity contribution < 1.29 is 13.2 Å². The quantitative estimate of drug-likeness (QED) is 0.750. The molecule has 0 saturated carbocycles. The number of carbonyl (C=O) groups is 1. The standard InChI is InChI=1S/C19H23N3O3S/c1-14-12-16-4-2-3-5-18(16)22(14)19(23)13-21-11-10-15-6-8-17(9-7-15)26(20,24)25/h2-9,14,21H,10-13H2,1H3,(H2,20,24,25)/t14-/m1/s1. The van der Waals surface area contributed by atoms with Crippen LogP contribution in [0.1, 0.15) is 18.1 Å². The maximum Gasteiger partial charge on any atom is 0.241 e. The summed E-state index contributed by atoms with van der Waals surface area (Å²) in [6.07, 6.45) is 1.59. The molecule has 26 heavy (non-hydrogen) atoms. The molecular formula is C19H23N3O3S. The van der Waals surface area contributed by atoms with Crippen LogP contribution < -0.4 is 15.4 Å². The van der Waals surface area contributed by atoms with Crippen molar-refractivity contribution in [1.29, 1.82) is 0 Å². The maximum absolute atomic E-state index is 12.6. The van der Waals surface area contributed by atoms with Gasteiger partial charge in [0.2, 0.25) is 15.9 Å². The first-order valence-electron chi connectivity index (χ1n) is 8.58. The Bertz CT molecular complexity index is 895. The Balaban J connectivity index is 1.50. The number of sulfonamides is 1. The van der Waals surface area contributed by atoms with Crippen LogP contribution in [0.5, 0.6) is 0 Å². The van der Waals surface area contributed by atoms with Gasteiger partial charge in [-0.15, -0.1) is 0 Å². The van der Waals surface area contributed by atoms with Gasteiger partial charge < -0.3 is 10.2 Å². The molecule has 1 aliphatic heterocycles. The van der Waals surface area contributed by atoms with Crippen molar-refractivity contribution in [3.8, 4) is 0 Å². The van der Waals surface area contributed by atoms with Crippen LogP contribution >= 0.6 is 0 Å². The van der Waals surface area contributed by atoms with E-state index >= 15 is 0 Å². The van der Waals surface area contributed by atoms with E-state index < -0.39 is 10.0 Å². The van der Waals surface area contributed by atoms with E-state index in [4.69, 9.17) is 5.14 Å². The summed E-state index contributed by atoms with van der Waals surface area (Å²) in [5.41, 5.74) is 3.20.